The summed E-state index contributed by atoms with van der Waals surface area (Å²) in [6.07, 6.45) is 2.67. The fraction of sp³-hybridized carbons (Fsp3) is 0.500. The SMILES string of the molecule is COC(=O)C1CN(C(=O)OC(C)(C)C)CCN1C(C#N)c1cncn1[C@H](C)c1ccc(F)cc1. The van der Waals surface area contributed by atoms with Gasteiger partial charge in [-0.05, 0) is 45.4 Å². The van der Waals surface area contributed by atoms with E-state index in [4.69, 9.17) is 9.47 Å². The van der Waals surface area contributed by atoms with Gasteiger partial charge in [-0.2, -0.15) is 5.26 Å². The van der Waals surface area contributed by atoms with Gasteiger partial charge in [0.1, 0.15) is 23.5 Å². The summed E-state index contributed by atoms with van der Waals surface area (Å²) in [7, 11) is 1.27. The number of halogens is 1. The Hall–Kier alpha value is -3.45. The molecule has 3 atom stereocenters. The third-order valence-electron chi connectivity index (χ3n) is 5.75. The van der Waals surface area contributed by atoms with Crippen LogP contribution in [0.15, 0.2) is 36.8 Å². The monoisotopic (exact) mass is 471 g/mol. The van der Waals surface area contributed by atoms with Crippen LogP contribution in [0.3, 0.4) is 0 Å². The van der Waals surface area contributed by atoms with Gasteiger partial charge in [-0.1, -0.05) is 12.1 Å². The van der Waals surface area contributed by atoms with E-state index in [2.05, 4.69) is 11.1 Å². The summed E-state index contributed by atoms with van der Waals surface area (Å²) in [6.45, 7) is 7.80. The molecule has 2 aromatic rings. The van der Waals surface area contributed by atoms with Crippen LogP contribution in [0.25, 0.3) is 0 Å². The quantitative estimate of drug-likeness (QED) is 0.617. The van der Waals surface area contributed by atoms with Crippen LogP contribution in [0.5, 0.6) is 0 Å². The number of carbonyl (C=O) groups excluding carboxylic acids is 2. The number of methoxy groups -OCH3 is 1. The molecule has 182 valence electrons. The molecule has 0 radical (unpaired) electrons. The number of rotatable bonds is 5. The zero-order valence-electron chi connectivity index (χ0n) is 20.1. The summed E-state index contributed by atoms with van der Waals surface area (Å²) in [4.78, 5) is 32.7. The van der Waals surface area contributed by atoms with E-state index in [1.165, 1.54) is 24.1 Å². The van der Waals surface area contributed by atoms with Gasteiger partial charge in [-0.25, -0.2) is 14.2 Å². The van der Waals surface area contributed by atoms with Crippen molar-refractivity contribution in [2.45, 2.75) is 51.4 Å². The number of imidazole rings is 1. The fourth-order valence-corrected chi connectivity index (χ4v) is 4.01. The second-order valence-corrected chi connectivity index (χ2v) is 9.19. The summed E-state index contributed by atoms with van der Waals surface area (Å²) in [5.74, 6) is -0.883. The van der Waals surface area contributed by atoms with Crippen molar-refractivity contribution in [1.29, 1.82) is 5.26 Å². The Balaban J connectivity index is 1.88. The molecule has 0 spiro atoms. The molecule has 0 bridgehead atoms. The summed E-state index contributed by atoms with van der Waals surface area (Å²) >= 11 is 0. The largest absolute Gasteiger partial charge is 0.468 e. The second-order valence-electron chi connectivity index (χ2n) is 9.19. The number of carbonyl (C=O) groups is 2. The lowest BCUT2D eigenvalue weighted by atomic mass is 10.0. The maximum atomic E-state index is 13.4. The van der Waals surface area contributed by atoms with Crippen LogP contribution < -0.4 is 0 Å². The molecule has 0 N–H and O–H groups in total. The first-order valence-corrected chi connectivity index (χ1v) is 11.0. The molecule has 0 aliphatic carbocycles. The molecule has 34 heavy (non-hydrogen) atoms. The van der Waals surface area contributed by atoms with Crippen molar-refractivity contribution in [2.75, 3.05) is 26.7 Å². The summed E-state index contributed by atoms with van der Waals surface area (Å²) < 4.78 is 25.7. The van der Waals surface area contributed by atoms with Crippen LogP contribution in [-0.2, 0) is 14.3 Å². The Morgan fingerprint density at radius 2 is 1.91 bits per heavy atom. The zero-order valence-corrected chi connectivity index (χ0v) is 20.1. The van der Waals surface area contributed by atoms with Crippen LogP contribution in [0, 0.1) is 17.1 Å². The van der Waals surface area contributed by atoms with Crippen molar-refractivity contribution < 1.29 is 23.5 Å². The van der Waals surface area contributed by atoms with Gasteiger partial charge >= 0.3 is 12.1 Å². The number of nitrogens with zero attached hydrogens (tertiary/aromatic N) is 5. The number of hydrogen-bond acceptors (Lipinski definition) is 7. The first kappa shape index (κ1) is 25.2. The van der Waals surface area contributed by atoms with Gasteiger partial charge in [0.2, 0.25) is 0 Å². The van der Waals surface area contributed by atoms with E-state index in [0.29, 0.717) is 5.69 Å². The molecule has 2 unspecified atom stereocenters. The van der Waals surface area contributed by atoms with Crippen molar-refractivity contribution in [1.82, 2.24) is 19.4 Å². The van der Waals surface area contributed by atoms with Crippen molar-refractivity contribution in [2.24, 2.45) is 0 Å². The molecule has 10 heteroatoms. The highest BCUT2D eigenvalue weighted by molar-refractivity contribution is 5.78. The van der Waals surface area contributed by atoms with Gasteiger partial charge in [0.05, 0.1) is 44.0 Å². The van der Waals surface area contributed by atoms with Gasteiger partial charge in [0.25, 0.3) is 0 Å². The molecule has 1 saturated heterocycles. The Bertz CT molecular complexity index is 1060. The lowest BCUT2D eigenvalue weighted by molar-refractivity contribution is -0.150. The predicted octanol–water partition coefficient (Wildman–Crippen LogP) is 3.29. The molecule has 1 aliphatic heterocycles. The van der Waals surface area contributed by atoms with E-state index in [1.807, 2.05) is 11.5 Å². The van der Waals surface area contributed by atoms with Crippen LogP contribution >= 0.6 is 0 Å². The van der Waals surface area contributed by atoms with Gasteiger partial charge in [-0.3, -0.25) is 9.69 Å². The molecule has 3 rings (SSSR count). The lowest BCUT2D eigenvalue weighted by Gasteiger charge is -2.42. The molecule has 1 aliphatic rings. The van der Waals surface area contributed by atoms with Crippen molar-refractivity contribution in [3.05, 3.63) is 53.9 Å². The molecular weight excluding hydrogens is 441 g/mol. The standard InChI is InChI=1S/C24H30FN5O4/c1-16(17-6-8-18(25)9-7-17)30-15-27-13-20(30)19(12-26)29-11-10-28(14-21(29)22(31)33-5)23(32)34-24(2,3)4/h6-9,13,15-16,19,21H,10-11,14H2,1-5H3/t16-,19?,21?/m1/s1. The normalized spacial score (nSPS) is 18.6. The third-order valence-corrected chi connectivity index (χ3v) is 5.75. The average Bonchev–Trinajstić information content (AvgIpc) is 3.27. The second kappa shape index (κ2) is 10.2. The van der Waals surface area contributed by atoms with Crippen molar-refractivity contribution >= 4 is 12.1 Å². The average molecular weight is 472 g/mol. The van der Waals surface area contributed by atoms with E-state index >= 15 is 0 Å². The number of amides is 1. The van der Waals surface area contributed by atoms with E-state index in [0.717, 1.165) is 5.56 Å². The first-order valence-electron chi connectivity index (χ1n) is 11.0. The number of ether oxygens (including phenoxy) is 2. The molecule has 9 nitrogen and oxygen atoms in total. The number of aromatic nitrogens is 2. The smallest absolute Gasteiger partial charge is 0.410 e. The van der Waals surface area contributed by atoms with E-state index in [1.54, 1.807) is 50.3 Å². The zero-order chi connectivity index (χ0) is 25.0. The van der Waals surface area contributed by atoms with Crippen molar-refractivity contribution in [3.63, 3.8) is 0 Å². The highest BCUT2D eigenvalue weighted by Crippen LogP contribution is 2.30. The number of nitriles is 1. The highest BCUT2D eigenvalue weighted by atomic mass is 19.1. The van der Waals surface area contributed by atoms with Crippen molar-refractivity contribution in [3.8, 4) is 6.07 Å². The van der Waals surface area contributed by atoms with Gasteiger partial charge in [-0.15, -0.1) is 0 Å². The number of hydrogen-bond donors (Lipinski definition) is 0. The minimum absolute atomic E-state index is 0.0292. The number of benzene rings is 1. The highest BCUT2D eigenvalue weighted by Gasteiger charge is 2.41. The number of esters is 1. The molecule has 1 fully saturated rings. The summed E-state index contributed by atoms with van der Waals surface area (Å²) in [5.41, 5.74) is 0.753. The Kier molecular flexibility index (Phi) is 7.57. The van der Waals surface area contributed by atoms with Crippen LogP contribution in [-0.4, -0.2) is 69.8 Å². The first-order chi connectivity index (χ1) is 16.1. The Labute approximate surface area is 198 Å². The molecule has 1 aromatic heterocycles. The Morgan fingerprint density at radius 3 is 2.50 bits per heavy atom. The summed E-state index contributed by atoms with van der Waals surface area (Å²) in [5, 5.41) is 10.1. The maximum absolute atomic E-state index is 13.4. The van der Waals surface area contributed by atoms with Crippen LogP contribution in [0.1, 0.15) is 51.0 Å². The molecular formula is C24H30FN5O4. The number of piperazine rings is 1. The minimum Gasteiger partial charge on any atom is -0.468 e. The predicted molar refractivity (Wildman–Crippen MR) is 121 cm³/mol. The van der Waals surface area contributed by atoms with E-state index in [9.17, 15) is 19.2 Å². The van der Waals surface area contributed by atoms with Gasteiger partial charge in [0.15, 0.2) is 0 Å². The van der Waals surface area contributed by atoms with E-state index in [-0.39, 0.29) is 31.5 Å². The van der Waals surface area contributed by atoms with Crippen LogP contribution in [0.4, 0.5) is 9.18 Å². The minimum atomic E-state index is -0.861. The van der Waals surface area contributed by atoms with Crippen LogP contribution in [0.2, 0.25) is 0 Å². The molecule has 2 heterocycles. The fourth-order valence-electron chi connectivity index (χ4n) is 4.01. The van der Waals surface area contributed by atoms with E-state index < -0.39 is 29.7 Å². The topological polar surface area (TPSA) is 101 Å². The van der Waals surface area contributed by atoms with Gasteiger partial charge in [0, 0.05) is 13.1 Å². The summed E-state index contributed by atoms with van der Waals surface area (Å²) in [6, 6.07) is 6.50. The van der Waals surface area contributed by atoms with Gasteiger partial charge < -0.3 is 18.9 Å². The third kappa shape index (κ3) is 5.54. The molecule has 1 aromatic carbocycles. The maximum Gasteiger partial charge on any atom is 0.410 e. The Morgan fingerprint density at radius 1 is 1.24 bits per heavy atom. The molecule has 0 saturated carbocycles. The lowest BCUT2D eigenvalue weighted by Crippen LogP contribution is -2.59. The molecule has 1 amide bonds.